The summed E-state index contributed by atoms with van der Waals surface area (Å²) in [5, 5.41) is 3.36. The smallest absolute Gasteiger partial charge is 0.253 e. The van der Waals surface area contributed by atoms with Gasteiger partial charge in [-0.25, -0.2) is 0 Å². The highest BCUT2D eigenvalue weighted by molar-refractivity contribution is 6.43. The van der Waals surface area contributed by atoms with Crippen LogP contribution in [0.1, 0.15) is 15.9 Å². The van der Waals surface area contributed by atoms with Crippen LogP contribution >= 0.6 is 23.2 Å². The highest BCUT2D eigenvalue weighted by atomic mass is 35.5. The number of halogens is 2. The van der Waals surface area contributed by atoms with Crippen molar-refractivity contribution in [1.29, 1.82) is 0 Å². The van der Waals surface area contributed by atoms with E-state index in [1.807, 2.05) is 6.07 Å². The Balaban J connectivity index is 2.07. The molecule has 2 rings (SSSR count). The van der Waals surface area contributed by atoms with Gasteiger partial charge in [-0.15, -0.1) is 0 Å². The lowest BCUT2D eigenvalue weighted by atomic mass is 10.1. The quantitative estimate of drug-likeness (QED) is 0.846. The third-order valence-corrected chi connectivity index (χ3v) is 3.76. The summed E-state index contributed by atoms with van der Waals surface area (Å²) in [6.07, 6.45) is 0. The van der Waals surface area contributed by atoms with Crippen molar-refractivity contribution in [2.24, 2.45) is 0 Å². The molecule has 0 spiro atoms. The minimum atomic E-state index is -0.295. The van der Waals surface area contributed by atoms with Gasteiger partial charge in [-0.1, -0.05) is 35.3 Å². The monoisotopic (exact) mass is 324 g/mol. The molecular formula is C15H14Cl2N2O2. The van der Waals surface area contributed by atoms with Gasteiger partial charge in [0.25, 0.3) is 5.91 Å². The van der Waals surface area contributed by atoms with E-state index in [1.165, 1.54) is 0 Å². The number of hydrogen-bond acceptors (Lipinski definition) is 3. The zero-order valence-corrected chi connectivity index (χ0v) is 12.8. The molecular weight excluding hydrogens is 311 g/mol. The van der Waals surface area contributed by atoms with Crippen LogP contribution < -0.4 is 15.8 Å². The minimum absolute atomic E-state index is 0.242. The fraction of sp³-hybridized carbons (Fsp3) is 0.133. The number of methoxy groups -OCH3 is 1. The van der Waals surface area contributed by atoms with Crippen LogP contribution in [0.3, 0.4) is 0 Å². The SMILES string of the molecule is COc1ccc(CNC(=O)c2cccc(Cl)c2Cl)cc1N. The molecule has 4 nitrogen and oxygen atoms in total. The lowest BCUT2D eigenvalue weighted by Gasteiger charge is -2.09. The minimum Gasteiger partial charge on any atom is -0.495 e. The first-order chi connectivity index (χ1) is 10.0. The van der Waals surface area contributed by atoms with Crippen LogP contribution in [0.15, 0.2) is 36.4 Å². The Morgan fingerprint density at radius 1 is 1.29 bits per heavy atom. The van der Waals surface area contributed by atoms with E-state index in [-0.39, 0.29) is 10.9 Å². The summed E-state index contributed by atoms with van der Waals surface area (Å²) < 4.78 is 5.08. The number of hydrogen-bond donors (Lipinski definition) is 2. The normalized spacial score (nSPS) is 10.2. The second kappa shape index (κ2) is 6.70. The first-order valence-corrected chi connectivity index (χ1v) is 6.93. The van der Waals surface area contributed by atoms with Crippen LogP contribution in [0.4, 0.5) is 5.69 Å². The van der Waals surface area contributed by atoms with E-state index in [2.05, 4.69) is 5.32 Å². The Bertz CT molecular complexity index is 675. The molecule has 3 N–H and O–H groups in total. The van der Waals surface area contributed by atoms with Crippen molar-refractivity contribution in [3.8, 4) is 5.75 Å². The largest absolute Gasteiger partial charge is 0.495 e. The molecule has 2 aromatic rings. The standard InChI is InChI=1S/C15H14Cl2N2O2/c1-21-13-6-5-9(7-12(13)18)8-19-15(20)10-3-2-4-11(16)14(10)17/h2-7H,8,18H2,1H3,(H,19,20). The number of nitrogen functional groups attached to an aromatic ring is 1. The number of rotatable bonds is 4. The van der Waals surface area contributed by atoms with E-state index >= 15 is 0 Å². The Morgan fingerprint density at radius 3 is 2.71 bits per heavy atom. The fourth-order valence-electron chi connectivity index (χ4n) is 1.85. The van der Waals surface area contributed by atoms with E-state index in [0.717, 1.165) is 5.56 Å². The van der Waals surface area contributed by atoms with Crippen molar-refractivity contribution in [2.45, 2.75) is 6.54 Å². The maximum Gasteiger partial charge on any atom is 0.253 e. The van der Waals surface area contributed by atoms with Gasteiger partial charge in [-0.05, 0) is 29.8 Å². The number of carbonyl (C=O) groups is 1. The van der Waals surface area contributed by atoms with Gasteiger partial charge in [0, 0.05) is 6.54 Å². The number of ether oxygens (including phenoxy) is 1. The van der Waals surface area contributed by atoms with Crippen LogP contribution in [0, 0.1) is 0 Å². The number of carbonyl (C=O) groups excluding carboxylic acids is 1. The van der Waals surface area contributed by atoms with Crippen molar-refractivity contribution in [3.05, 3.63) is 57.6 Å². The summed E-state index contributed by atoms with van der Waals surface area (Å²) in [7, 11) is 1.55. The summed E-state index contributed by atoms with van der Waals surface area (Å²) in [4.78, 5) is 12.1. The topological polar surface area (TPSA) is 64.3 Å². The molecule has 6 heteroatoms. The maximum absolute atomic E-state index is 12.1. The molecule has 0 fully saturated rings. The van der Waals surface area contributed by atoms with E-state index < -0.39 is 0 Å². The average molecular weight is 325 g/mol. The number of benzene rings is 2. The predicted molar refractivity (Wildman–Crippen MR) is 85.0 cm³/mol. The highest BCUT2D eigenvalue weighted by Gasteiger charge is 2.12. The summed E-state index contributed by atoms with van der Waals surface area (Å²) >= 11 is 11.9. The molecule has 0 unspecified atom stereocenters. The Labute approximate surface area is 132 Å². The van der Waals surface area contributed by atoms with Gasteiger partial charge < -0.3 is 15.8 Å². The molecule has 21 heavy (non-hydrogen) atoms. The molecule has 0 atom stereocenters. The molecule has 0 saturated heterocycles. The lowest BCUT2D eigenvalue weighted by Crippen LogP contribution is -2.23. The molecule has 0 radical (unpaired) electrons. The van der Waals surface area contributed by atoms with Gasteiger partial charge in [0.2, 0.25) is 0 Å². The van der Waals surface area contributed by atoms with Gasteiger partial charge in [-0.2, -0.15) is 0 Å². The second-order valence-electron chi connectivity index (χ2n) is 4.36. The Hall–Kier alpha value is -1.91. The van der Waals surface area contributed by atoms with Crippen molar-refractivity contribution in [1.82, 2.24) is 5.32 Å². The third-order valence-electron chi connectivity index (χ3n) is 2.94. The van der Waals surface area contributed by atoms with Crippen molar-refractivity contribution in [2.75, 3.05) is 12.8 Å². The molecule has 0 heterocycles. The molecule has 2 aromatic carbocycles. The maximum atomic E-state index is 12.1. The summed E-state index contributed by atoms with van der Waals surface area (Å²) in [5.74, 6) is 0.305. The van der Waals surface area contributed by atoms with Crippen LogP contribution in [-0.4, -0.2) is 13.0 Å². The van der Waals surface area contributed by atoms with Crippen LogP contribution in [0.2, 0.25) is 10.0 Å². The van der Waals surface area contributed by atoms with Crippen molar-refractivity contribution < 1.29 is 9.53 Å². The van der Waals surface area contributed by atoms with E-state index in [1.54, 1.807) is 37.4 Å². The number of amides is 1. The van der Waals surface area contributed by atoms with Gasteiger partial charge >= 0.3 is 0 Å². The summed E-state index contributed by atoms with van der Waals surface area (Å²) in [6.45, 7) is 0.329. The van der Waals surface area contributed by atoms with Gasteiger partial charge in [0.1, 0.15) is 5.75 Å². The molecule has 0 aliphatic carbocycles. The first-order valence-electron chi connectivity index (χ1n) is 6.17. The molecule has 0 aliphatic heterocycles. The van der Waals surface area contributed by atoms with Crippen molar-refractivity contribution >= 4 is 34.8 Å². The molecule has 110 valence electrons. The molecule has 1 amide bonds. The zero-order chi connectivity index (χ0) is 15.4. The average Bonchev–Trinajstić information content (AvgIpc) is 2.47. The van der Waals surface area contributed by atoms with E-state index in [9.17, 15) is 4.79 Å². The zero-order valence-electron chi connectivity index (χ0n) is 11.3. The fourth-order valence-corrected chi connectivity index (χ4v) is 2.24. The molecule has 0 aromatic heterocycles. The second-order valence-corrected chi connectivity index (χ2v) is 5.15. The summed E-state index contributed by atoms with van der Waals surface area (Å²) in [5.41, 5.74) is 7.54. The summed E-state index contributed by atoms with van der Waals surface area (Å²) in [6, 6.07) is 10.3. The first kappa shape index (κ1) is 15.5. The van der Waals surface area contributed by atoms with Crippen LogP contribution in [0.25, 0.3) is 0 Å². The number of nitrogens with two attached hydrogens (primary N) is 1. The van der Waals surface area contributed by atoms with E-state index in [0.29, 0.717) is 28.6 Å². The van der Waals surface area contributed by atoms with Crippen molar-refractivity contribution in [3.63, 3.8) is 0 Å². The number of anilines is 1. The van der Waals surface area contributed by atoms with Gasteiger partial charge in [-0.3, -0.25) is 4.79 Å². The lowest BCUT2D eigenvalue weighted by molar-refractivity contribution is 0.0951. The Morgan fingerprint density at radius 2 is 2.05 bits per heavy atom. The molecule has 0 saturated carbocycles. The molecule has 0 bridgehead atoms. The van der Waals surface area contributed by atoms with Gasteiger partial charge in [0.15, 0.2) is 0 Å². The van der Waals surface area contributed by atoms with Gasteiger partial charge in [0.05, 0.1) is 28.4 Å². The number of nitrogens with one attached hydrogen (secondary N) is 1. The third kappa shape index (κ3) is 3.60. The highest BCUT2D eigenvalue weighted by Crippen LogP contribution is 2.25. The van der Waals surface area contributed by atoms with Crippen LogP contribution in [-0.2, 0) is 6.54 Å². The van der Waals surface area contributed by atoms with E-state index in [4.69, 9.17) is 33.7 Å². The Kier molecular flexibility index (Phi) is 4.94. The van der Waals surface area contributed by atoms with Crippen LogP contribution in [0.5, 0.6) is 5.75 Å². The predicted octanol–water partition coefficient (Wildman–Crippen LogP) is 3.51. The molecule has 0 aliphatic rings.